The van der Waals surface area contributed by atoms with Gasteiger partial charge in [0.25, 0.3) is 0 Å². The van der Waals surface area contributed by atoms with Crippen molar-refractivity contribution in [1.29, 1.82) is 0 Å². The fourth-order valence-electron chi connectivity index (χ4n) is 1.71. The Labute approximate surface area is 110 Å². The van der Waals surface area contributed by atoms with E-state index >= 15 is 0 Å². The molecule has 0 atom stereocenters. The van der Waals surface area contributed by atoms with Crippen molar-refractivity contribution in [3.8, 4) is 0 Å². The molecule has 0 saturated carbocycles. The summed E-state index contributed by atoms with van der Waals surface area (Å²) in [4.78, 5) is 11.6. The van der Waals surface area contributed by atoms with E-state index in [1.807, 2.05) is 19.1 Å². The molecule has 1 aromatic heterocycles. The second kappa shape index (κ2) is 5.23. The minimum absolute atomic E-state index is 0.346. The van der Waals surface area contributed by atoms with Crippen LogP contribution in [0.1, 0.15) is 21.6 Å². The summed E-state index contributed by atoms with van der Waals surface area (Å²) < 4.78 is 6.51. The molecule has 1 aromatic carbocycles. The number of carbonyl (C=O) groups excluding carboxylic acids is 1. The molecule has 0 unspecified atom stereocenters. The molecule has 2 aromatic rings. The number of rotatable bonds is 3. The molecular weight excluding hydrogens is 252 g/mol. The van der Waals surface area contributed by atoms with Gasteiger partial charge in [-0.05, 0) is 18.6 Å². The van der Waals surface area contributed by atoms with E-state index in [2.05, 4.69) is 5.10 Å². The zero-order chi connectivity index (χ0) is 13.1. The lowest BCUT2D eigenvalue weighted by atomic mass is 10.1. The van der Waals surface area contributed by atoms with Crippen molar-refractivity contribution in [2.75, 3.05) is 7.11 Å². The first-order chi connectivity index (χ1) is 8.63. The zero-order valence-corrected chi connectivity index (χ0v) is 10.9. The van der Waals surface area contributed by atoms with Crippen molar-refractivity contribution in [3.05, 3.63) is 52.3 Å². The Morgan fingerprint density at radius 1 is 1.44 bits per heavy atom. The number of hydrogen-bond donors (Lipinski definition) is 0. The molecule has 0 radical (unpaired) electrons. The van der Waals surface area contributed by atoms with Crippen LogP contribution in [-0.2, 0) is 11.3 Å². The molecule has 18 heavy (non-hydrogen) atoms. The van der Waals surface area contributed by atoms with Crippen molar-refractivity contribution < 1.29 is 9.53 Å². The van der Waals surface area contributed by atoms with Gasteiger partial charge in [0.05, 0.1) is 36.1 Å². The smallest absolute Gasteiger partial charge is 0.338 e. The molecule has 0 aliphatic carbocycles. The number of nitrogens with zero attached hydrogens (tertiary/aromatic N) is 2. The molecule has 0 N–H and O–H groups in total. The van der Waals surface area contributed by atoms with Crippen LogP contribution in [0.5, 0.6) is 0 Å². The summed E-state index contributed by atoms with van der Waals surface area (Å²) in [6, 6.07) is 7.30. The van der Waals surface area contributed by atoms with Crippen LogP contribution in [-0.4, -0.2) is 22.9 Å². The van der Waals surface area contributed by atoms with Gasteiger partial charge in [0.1, 0.15) is 0 Å². The van der Waals surface area contributed by atoms with E-state index in [9.17, 15) is 4.79 Å². The molecule has 0 saturated heterocycles. The van der Waals surface area contributed by atoms with E-state index in [1.54, 1.807) is 23.0 Å². The van der Waals surface area contributed by atoms with Crippen molar-refractivity contribution in [3.63, 3.8) is 0 Å². The van der Waals surface area contributed by atoms with E-state index in [-0.39, 0.29) is 5.97 Å². The van der Waals surface area contributed by atoms with Crippen molar-refractivity contribution in [1.82, 2.24) is 9.78 Å². The second-order valence-electron chi connectivity index (χ2n) is 3.88. The highest BCUT2D eigenvalue weighted by atomic mass is 35.5. The second-order valence-corrected chi connectivity index (χ2v) is 4.29. The minimum Gasteiger partial charge on any atom is -0.465 e. The van der Waals surface area contributed by atoms with Crippen molar-refractivity contribution in [2.45, 2.75) is 13.5 Å². The summed E-state index contributed by atoms with van der Waals surface area (Å²) in [6.07, 6.45) is 1.59. The van der Waals surface area contributed by atoms with Gasteiger partial charge in [0.2, 0.25) is 0 Å². The standard InChI is InChI=1S/C13H13ClN2O2/c1-9-12(14)7-15-16(9)8-10-5-3-4-6-11(10)13(17)18-2/h3-7H,8H2,1-2H3. The third-order valence-corrected chi connectivity index (χ3v) is 3.16. The summed E-state index contributed by atoms with van der Waals surface area (Å²) in [5.41, 5.74) is 2.27. The van der Waals surface area contributed by atoms with E-state index in [0.29, 0.717) is 17.1 Å². The molecule has 5 heteroatoms. The van der Waals surface area contributed by atoms with Crippen LogP contribution in [0.3, 0.4) is 0 Å². The molecule has 94 valence electrons. The molecule has 1 heterocycles. The van der Waals surface area contributed by atoms with Gasteiger partial charge in [-0.1, -0.05) is 29.8 Å². The topological polar surface area (TPSA) is 44.1 Å². The van der Waals surface area contributed by atoms with Gasteiger partial charge < -0.3 is 4.74 Å². The van der Waals surface area contributed by atoms with Crippen LogP contribution in [0, 0.1) is 6.92 Å². The number of ether oxygens (including phenoxy) is 1. The number of benzene rings is 1. The van der Waals surface area contributed by atoms with Crippen LogP contribution in [0.15, 0.2) is 30.5 Å². The van der Waals surface area contributed by atoms with Gasteiger partial charge in [-0.2, -0.15) is 5.10 Å². The predicted molar refractivity (Wildman–Crippen MR) is 68.9 cm³/mol. The number of hydrogen-bond acceptors (Lipinski definition) is 3. The molecule has 0 amide bonds. The van der Waals surface area contributed by atoms with Gasteiger partial charge in [-0.25, -0.2) is 4.79 Å². The van der Waals surface area contributed by atoms with Crippen LogP contribution in [0.25, 0.3) is 0 Å². The Bertz CT molecular complexity index is 578. The quantitative estimate of drug-likeness (QED) is 0.801. The molecule has 0 aliphatic heterocycles. The summed E-state index contributed by atoms with van der Waals surface area (Å²) in [5.74, 6) is -0.346. The van der Waals surface area contributed by atoms with Crippen LogP contribution in [0.2, 0.25) is 5.02 Å². The number of esters is 1. The molecular formula is C13H13ClN2O2. The maximum absolute atomic E-state index is 11.6. The lowest BCUT2D eigenvalue weighted by Crippen LogP contribution is -2.10. The highest BCUT2D eigenvalue weighted by Crippen LogP contribution is 2.17. The average Bonchev–Trinajstić information content (AvgIpc) is 2.70. The van der Waals surface area contributed by atoms with E-state index < -0.39 is 0 Å². The molecule has 0 bridgehead atoms. The number of halogens is 1. The third kappa shape index (κ3) is 2.38. The van der Waals surface area contributed by atoms with Crippen LogP contribution < -0.4 is 0 Å². The zero-order valence-electron chi connectivity index (χ0n) is 10.2. The first kappa shape index (κ1) is 12.6. The fourth-order valence-corrected chi connectivity index (χ4v) is 1.85. The van der Waals surface area contributed by atoms with Gasteiger partial charge in [0.15, 0.2) is 0 Å². The van der Waals surface area contributed by atoms with Crippen molar-refractivity contribution in [2.24, 2.45) is 0 Å². The number of methoxy groups -OCH3 is 1. The summed E-state index contributed by atoms with van der Waals surface area (Å²) in [5, 5.41) is 4.79. The molecule has 2 rings (SSSR count). The normalized spacial score (nSPS) is 10.4. The molecule has 0 spiro atoms. The lowest BCUT2D eigenvalue weighted by molar-refractivity contribution is 0.0599. The Balaban J connectivity index is 2.35. The summed E-state index contributed by atoms with van der Waals surface area (Å²) in [7, 11) is 1.37. The summed E-state index contributed by atoms with van der Waals surface area (Å²) >= 11 is 5.95. The monoisotopic (exact) mass is 264 g/mol. The molecule has 0 fully saturated rings. The van der Waals surface area contributed by atoms with Crippen molar-refractivity contribution >= 4 is 17.6 Å². The van der Waals surface area contributed by atoms with Gasteiger partial charge >= 0.3 is 5.97 Å². The number of aromatic nitrogens is 2. The largest absolute Gasteiger partial charge is 0.465 e. The first-order valence-electron chi connectivity index (χ1n) is 5.47. The Morgan fingerprint density at radius 2 is 2.17 bits per heavy atom. The lowest BCUT2D eigenvalue weighted by Gasteiger charge is -2.09. The first-order valence-corrected chi connectivity index (χ1v) is 5.85. The summed E-state index contributed by atoms with van der Waals surface area (Å²) in [6.45, 7) is 2.37. The SMILES string of the molecule is COC(=O)c1ccccc1Cn1ncc(Cl)c1C. The van der Waals surface area contributed by atoms with E-state index in [4.69, 9.17) is 16.3 Å². The maximum Gasteiger partial charge on any atom is 0.338 e. The maximum atomic E-state index is 11.6. The minimum atomic E-state index is -0.346. The fraction of sp³-hybridized carbons (Fsp3) is 0.231. The van der Waals surface area contributed by atoms with E-state index in [1.165, 1.54) is 7.11 Å². The Hall–Kier alpha value is -1.81. The number of carbonyl (C=O) groups is 1. The predicted octanol–water partition coefficient (Wildman–Crippen LogP) is 2.68. The Morgan fingerprint density at radius 3 is 2.78 bits per heavy atom. The van der Waals surface area contributed by atoms with E-state index in [0.717, 1.165) is 11.3 Å². The van der Waals surface area contributed by atoms with Gasteiger partial charge in [-0.3, -0.25) is 4.68 Å². The van der Waals surface area contributed by atoms with Gasteiger partial charge in [-0.15, -0.1) is 0 Å². The highest BCUT2D eigenvalue weighted by Gasteiger charge is 2.12. The van der Waals surface area contributed by atoms with Crippen LogP contribution in [0.4, 0.5) is 0 Å². The van der Waals surface area contributed by atoms with Gasteiger partial charge in [0, 0.05) is 0 Å². The molecule has 4 nitrogen and oxygen atoms in total. The third-order valence-electron chi connectivity index (χ3n) is 2.79. The molecule has 0 aliphatic rings. The Kier molecular flexibility index (Phi) is 3.67. The van der Waals surface area contributed by atoms with Crippen LogP contribution >= 0.6 is 11.6 Å². The highest BCUT2D eigenvalue weighted by molar-refractivity contribution is 6.31. The average molecular weight is 265 g/mol.